The number of hydrogen-bond acceptors (Lipinski definition) is 3. The summed E-state index contributed by atoms with van der Waals surface area (Å²) in [4.78, 5) is 0. The Kier molecular flexibility index (Phi) is 8.13. The summed E-state index contributed by atoms with van der Waals surface area (Å²) in [6.07, 6.45) is -0.117. The molecule has 0 radical (unpaired) electrons. The molecule has 0 rings (SSSR count). The van der Waals surface area contributed by atoms with Crippen LogP contribution in [-0.4, -0.2) is 37.1 Å². The van der Waals surface area contributed by atoms with Crippen molar-refractivity contribution in [2.24, 2.45) is 5.92 Å². The Labute approximate surface area is 105 Å². The molecule has 100 valence electrons. The van der Waals surface area contributed by atoms with Crippen LogP contribution in [0.25, 0.3) is 0 Å². The summed E-state index contributed by atoms with van der Waals surface area (Å²) in [5.41, 5.74) is 1.95. The lowest BCUT2D eigenvalue weighted by atomic mass is 9.98. The summed E-state index contributed by atoms with van der Waals surface area (Å²) < 4.78 is 11.2. The van der Waals surface area contributed by atoms with Crippen molar-refractivity contribution in [1.82, 2.24) is 0 Å². The van der Waals surface area contributed by atoms with Crippen molar-refractivity contribution in [3.63, 3.8) is 0 Å². The highest BCUT2D eigenvalue weighted by Crippen LogP contribution is 2.16. The molecule has 0 heterocycles. The minimum Gasteiger partial charge on any atom is -0.396 e. The van der Waals surface area contributed by atoms with E-state index in [0.29, 0.717) is 13.2 Å². The number of aliphatic hydroxyl groups is 1. The fourth-order valence-corrected chi connectivity index (χ4v) is 1.47. The van der Waals surface area contributed by atoms with Crippen molar-refractivity contribution in [2.75, 3.05) is 19.8 Å². The van der Waals surface area contributed by atoms with Crippen LogP contribution < -0.4 is 0 Å². The molecule has 0 bridgehead atoms. The molecule has 1 N–H and O–H groups in total. The smallest absolute Gasteiger partial charge is 0.0675 e. The van der Waals surface area contributed by atoms with Gasteiger partial charge in [0.2, 0.25) is 0 Å². The van der Waals surface area contributed by atoms with Crippen LogP contribution in [0, 0.1) is 5.92 Å². The third-order valence-electron chi connectivity index (χ3n) is 2.60. The predicted molar refractivity (Wildman–Crippen MR) is 71.0 cm³/mol. The fraction of sp³-hybridized carbons (Fsp3) is 0.714. The van der Waals surface area contributed by atoms with Gasteiger partial charge in [-0.3, -0.25) is 0 Å². The fourth-order valence-electron chi connectivity index (χ4n) is 1.47. The molecular formula is C14H26O3. The summed E-state index contributed by atoms with van der Waals surface area (Å²) in [7, 11) is 0. The highest BCUT2D eigenvalue weighted by molar-refractivity contribution is 4.89. The van der Waals surface area contributed by atoms with Crippen LogP contribution in [0.5, 0.6) is 0 Å². The van der Waals surface area contributed by atoms with Gasteiger partial charge in [-0.25, -0.2) is 0 Å². The molecule has 0 saturated carbocycles. The maximum absolute atomic E-state index is 9.39. The lowest BCUT2D eigenvalue weighted by molar-refractivity contribution is -0.0586. The topological polar surface area (TPSA) is 38.7 Å². The highest BCUT2D eigenvalue weighted by atomic mass is 16.5. The Morgan fingerprint density at radius 3 is 1.59 bits per heavy atom. The van der Waals surface area contributed by atoms with E-state index < -0.39 is 0 Å². The molecular weight excluding hydrogens is 216 g/mol. The number of rotatable bonds is 9. The van der Waals surface area contributed by atoms with Gasteiger partial charge in [0, 0.05) is 5.92 Å². The molecule has 0 aromatic rings. The minimum absolute atomic E-state index is 0.0336. The van der Waals surface area contributed by atoms with E-state index in [-0.39, 0.29) is 24.7 Å². The van der Waals surface area contributed by atoms with Gasteiger partial charge in [0.1, 0.15) is 0 Å². The van der Waals surface area contributed by atoms with Gasteiger partial charge in [0.15, 0.2) is 0 Å². The quantitative estimate of drug-likeness (QED) is 0.632. The lowest BCUT2D eigenvalue weighted by Crippen LogP contribution is -2.35. The predicted octanol–water partition coefficient (Wildman–Crippen LogP) is 2.56. The van der Waals surface area contributed by atoms with Crippen molar-refractivity contribution in [1.29, 1.82) is 0 Å². The van der Waals surface area contributed by atoms with Crippen molar-refractivity contribution >= 4 is 0 Å². The zero-order valence-electron chi connectivity index (χ0n) is 11.5. The first-order valence-corrected chi connectivity index (χ1v) is 6.01. The molecule has 0 amide bonds. The first kappa shape index (κ1) is 16.4. The Balaban J connectivity index is 4.18. The Morgan fingerprint density at radius 1 is 1.00 bits per heavy atom. The summed E-state index contributed by atoms with van der Waals surface area (Å²) in [5, 5.41) is 9.39. The van der Waals surface area contributed by atoms with Crippen LogP contribution in [0.2, 0.25) is 0 Å². The molecule has 0 aromatic carbocycles. The average molecular weight is 242 g/mol. The number of aliphatic hydroxyl groups excluding tert-OH is 1. The Hall–Kier alpha value is -0.640. The van der Waals surface area contributed by atoms with Crippen LogP contribution in [0.3, 0.4) is 0 Å². The number of hydrogen-bond donors (Lipinski definition) is 1. The molecule has 0 aromatic heterocycles. The molecule has 0 aliphatic rings. The molecule has 0 aliphatic carbocycles. The molecule has 0 saturated heterocycles. The zero-order valence-corrected chi connectivity index (χ0v) is 11.5. The highest BCUT2D eigenvalue weighted by Gasteiger charge is 2.24. The van der Waals surface area contributed by atoms with Crippen molar-refractivity contribution in [3.8, 4) is 0 Å². The van der Waals surface area contributed by atoms with Gasteiger partial charge < -0.3 is 14.6 Å². The third kappa shape index (κ3) is 7.31. The molecule has 0 spiro atoms. The second kappa shape index (κ2) is 8.45. The molecule has 0 fully saturated rings. The summed E-state index contributed by atoms with van der Waals surface area (Å²) in [6.45, 7) is 16.4. The van der Waals surface area contributed by atoms with E-state index in [1.54, 1.807) is 0 Å². The Morgan fingerprint density at radius 2 is 1.35 bits per heavy atom. The van der Waals surface area contributed by atoms with Crippen molar-refractivity contribution in [2.45, 2.75) is 39.9 Å². The van der Waals surface area contributed by atoms with Crippen LogP contribution in [0.4, 0.5) is 0 Å². The van der Waals surface area contributed by atoms with Crippen molar-refractivity contribution in [3.05, 3.63) is 24.3 Å². The second-order valence-corrected chi connectivity index (χ2v) is 4.79. The maximum Gasteiger partial charge on any atom is 0.0675 e. The van der Waals surface area contributed by atoms with Gasteiger partial charge in [0.25, 0.3) is 0 Å². The summed E-state index contributed by atoms with van der Waals surface area (Å²) in [6, 6.07) is 0. The van der Waals surface area contributed by atoms with E-state index in [1.807, 2.05) is 27.7 Å². The molecule has 17 heavy (non-hydrogen) atoms. The number of ether oxygens (including phenoxy) is 2. The van der Waals surface area contributed by atoms with Gasteiger partial charge in [-0.2, -0.15) is 0 Å². The van der Waals surface area contributed by atoms with Crippen LogP contribution in [0.1, 0.15) is 27.7 Å². The van der Waals surface area contributed by atoms with Gasteiger partial charge >= 0.3 is 0 Å². The molecule has 2 atom stereocenters. The second-order valence-electron chi connectivity index (χ2n) is 4.79. The first-order chi connectivity index (χ1) is 7.88. The standard InChI is InChI=1S/C14H26O3/c1-10(2)8-16-12(5)14(7-15)13(6)17-9-11(3)4/h12-15H,1,3,7-9H2,2,4-6H3. The van der Waals surface area contributed by atoms with Crippen LogP contribution in [-0.2, 0) is 9.47 Å². The zero-order chi connectivity index (χ0) is 13.4. The minimum atomic E-state index is -0.0585. The van der Waals surface area contributed by atoms with Crippen LogP contribution >= 0.6 is 0 Å². The molecule has 3 heteroatoms. The van der Waals surface area contributed by atoms with E-state index in [4.69, 9.17) is 9.47 Å². The largest absolute Gasteiger partial charge is 0.396 e. The lowest BCUT2D eigenvalue weighted by Gasteiger charge is -2.28. The van der Waals surface area contributed by atoms with E-state index in [0.717, 1.165) is 11.1 Å². The molecule has 2 unspecified atom stereocenters. The average Bonchev–Trinajstić information content (AvgIpc) is 2.24. The molecule has 3 nitrogen and oxygen atoms in total. The third-order valence-corrected chi connectivity index (χ3v) is 2.60. The normalized spacial score (nSPS) is 16.3. The maximum atomic E-state index is 9.39. The summed E-state index contributed by atoms with van der Waals surface area (Å²) >= 11 is 0. The van der Waals surface area contributed by atoms with Gasteiger partial charge in [0.05, 0.1) is 32.0 Å². The van der Waals surface area contributed by atoms with E-state index in [2.05, 4.69) is 13.2 Å². The molecule has 0 aliphatic heterocycles. The van der Waals surface area contributed by atoms with E-state index >= 15 is 0 Å². The first-order valence-electron chi connectivity index (χ1n) is 6.01. The Bertz CT molecular complexity index is 224. The van der Waals surface area contributed by atoms with Crippen molar-refractivity contribution < 1.29 is 14.6 Å². The van der Waals surface area contributed by atoms with Gasteiger partial charge in [-0.1, -0.05) is 24.3 Å². The summed E-state index contributed by atoms with van der Waals surface area (Å²) in [5.74, 6) is -0.0336. The van der Waals surface area contributed by atoms with Gasteiger partial charge in [-0.15, -0.1) is 0 Å². The van der Waals surface area contributed by atoms with Crippen LogP contribution in [0.15, 0.2) is 24.3 Å². The van der Waals surface area contributed by atoms with Gasteiger partial charge in [-0.05, 0) is 27.7 Å². The van der Waals surface area contributed by atoms with E-state index in [9.17, 15) is 5.11 Å². The van der Waals surface area contributed by atoms with E-state index in [1.165, 1.54) is 0 Å². The monoisotopic (exact) mass is 242 g/mol. The SMILES string of the molecule is C=C(C)COC(C)C(CO)C(C)OCC(=C)C.